The molecule has 5 nitrogen and oxygen atoms in total. The van der Waals surface area contributed by atoms with Crippen molar-refractivity contribution in [2.24, 2.45) is 0 Å². The lowest BCUT2D eigenvalue weighted by Gasteiger charge is -2.08. The first kappa shape index (κ1) is 14.4. The van der Waals surface area contributed by atoms with Gasteiger partial charge in [-0.2, -0.15) is 0 Å². The van der Waals surface area contributed by atoms with Crippen molar-refractivity contribution < 1.29 is 4.79 Å². The first-order chi connectivity index (χ1) is 9.47. The van der Waals surface area contributed by atoms with Crippen LogP contribution in [-0.4, -0.2) is 20.9 Å². The molecule has 1 N–H and O–H groups in total. The summed E-state index contributed by atoms with van der Waals surface area (Å²) in [6.45, 7) is 5.75. The molecule has 2 heterocycles. The number of halogens is 1. The largest absolute Gasteiger partial charge is 0.305 e. The summed E-state index contributed by atoms with van der Waals surface area (Å²) < 4.78 is 0. The summed E-state index contributed by atoms with van der Waals surface area (Å²) in [6.07, 6.45) is 1.45. The van der Waals surface area contributed by atoms with Crippen LogP contribution in [0.3, 0.4) is 0 Å². The van der Waals surface area contributed by atoms with Gasteiger partial charge in [-0.1, -0.05) is 31.5 Å². The smallest absolute Gasteiger partial charge is 0.277 e. The van der Waals surface area contributed by atoms with Crippen molar-refractivity contribution in [2.45, 2.75) is 26.7 Å². The molecule has 0 bridgehead atoms. The molecule has 2 aromatic rings. The van der Waals surface area contributed by atoms with Gasteiger partial charge in [0.05, 0.1) is 11.2 Å². The van der Waals surface area contributed by atoms with Crippen molar-refractivity contribution in [1.29, 1.82) is 0 Å². The van der Waals surface area contributed by atoms with Gasteiger partial charge in [-0.25, -0.2) is 15.0 Å². The second-order valence-corrected chi connectivity index (χ2v) is 5.10. The van der Waals surface area contributed by atoms with Gasteiger partial charge >= 0.3 is 0 Å². The average Bonchev–Trinajstić information content (AvgIpc) is 2.38. The molecule has 0 aliphatic carbocycles. The second kappa shape index (κ2) is 5.96. The van der Waals surface area contributed by atoms with E-state index in [2.05, 4.69) is 20.3 Å². The first-order valence-electron chi connectivity index (χ1n) is 6.25. The van der Waals surface area contributed by atoms with Crippen molar-refractivity contribution in [1.82, 2.24) is 15.0 Å². The maximum Gasteiger partial charge on any atom is 0.277 e. The van der Waals surface area contributed by atoms with Crippen molar-refractivity contribution >= 4 is 23.3 Å². The van der Waals surface area contributed by atoms with Crippen molar-refractivity contribution in [3.63, 3.8) is 0 Å². The van der Waals surface area contributed by atoms with Gasteiger partial charge in [-0.05, 0) is 19.1 Å². The summed E-state index contributed by atoms with van der Waals surface area (Å²) in [5.41, 5.74) is 0.980. The van der Waals surface area contributed by atoms with Gasteiger partial charge < -0.3 is 5.32 Å². The molecule has 0 atom stereocenters. The molecule has 0 aromatic carbocycles. The number of nitrogens with zero attached hydrogens (tertiary/aromatic N) is 3. The molecule has 0 aliphatic heterocycles. The number of carbonyl (C=O) groups is 1. The number of nitrogens with one attached hydrogen (secondary N) is 1. The van der Waals surface area contributed by atoms with Gasteiger partial charge in [0.25, 0.3) is 5.91 Å². The normalized spacial score (nSPS) is 10.7. The number of aryl methyl sites for hydroxylation is 1. The average molecular weight is 291 g/mol. The molecule has 0 spiro atoms. The molecule has 2 aromatic heterocycles. The Morgan fingerprint density at radius 1 is 1.30 bits per heavy atom. The molecule has 0 fully saturated rings. The van der Waals surface area contributed by atoms with E-state index in [1.807, 2.05) is 32.9 Å². The summed E-state index contributed by atoms with van der Waals surface area (Å²) in [7, 11) is 0. The van der Waals surface area contributed by atoms with E-state index in [-0.39, 0.29) is 16.6 Å². The lowest BCUT2D eigenvalue weighted by molar-refractivity contribution is 0.102. The second-order valence-electron chi connectivity index (χ2n) is 4.70. The van der Waals surface area contributed by atoms with E-state index in [0.717, 1.165) is 5.69 Å². The predicted octanol–water partition coefficient (Wildman–Crippen LogP) is 3.21. The van der Waals surface area contributed by atoms with Gasteiger partial charge in [0.2, 0.25) is 0 Å². The molecular formula is C14H15ClN4O. The fraction of sp³-hybridized carbons (Fsp3) is 0.286. The lowest BCUT2D eigenvalue weighted by Crippen LogP contribution is -2.17. The minimum absolute atomic E-state index is 0.121. The highest BCUT2D eigenvalue weighted by atomic mass is 35.5. The third-order valence-corrected chi connectivity index (χ3v) is 2.90. The number of aromatic nitrogens is 3. The van der Waals surface area contributed by atoms with Gasteiger partial charge in [-0.3, -0.25) is 4.79 Å². The minimum Gasteiger partial charge on any atom is -0.305 e. The Morgan fingerprint density at radius 2 is 2.05 bits per heavy atom. The van der Waals surface area contributed by atoms with Crippen LogP contribution in [0.4, 0.5) is 5.82 Å². The SMILES string of the molecule is Cc1cccc(NC(=O)c2nc(C(C)C)ncc2Cl)n1. The number of carbonyl (C=O) groups excluding carboxylic acids is 1. The van der Waals surface area contributed by atoms with Crippen LogP contribution in [0, 0.1) is 6.92 Å². The molecule has 0 radical (unpaired) electrons. The van der Waals surface area contributed by atoms with Crippen LogP contribution in [0.1, 0.15) is 41.8 Å². The van der Waals surface area contributed by atoms with E-state index in [9.17, 15) is 4.79 Å². The van der Waals surface area contributed by atoms with Crippen LogP contribution in [0.15, 0.2) is 24.4 Å². The third kappa shape index (κ3) is 3.30. The quantitative estimate of drug-likeness (QED) is 0.942. The van der Waals surface area contributed by atoms with Gasteiger partial charge in [0.15, 0.2) is 5.69 Å². The number of amides is 1. The Kier molecular flexibility index (Phi) is 4.29. The predicted molar refractivity (Wildman–Crippen MR) is 78.1 cm³/mol. The highest BCUT2D eigenvalue weighted by Crippen LogP contribution is 2.17. The van der Waals surface area contributed by atoms with E-state index in [4.69, 9.17) is 11.6 Å². The minimum atomic E-state index is -0.391. The highest BCUT2D eigenvalue weighted by Gasteiger charge is 2.16. The molecule has 0 saturated carbocycles. The molecule has 0 aliphatic rings. The van der Waals surface area contributed by atoms with Crippen LogP contribution < -0.4 is 5.32 Å². The maximum atomic E-state index is 12.2. The van der Waals surface area contributed by atoms with Crippen molar-refractivity contribution in [3.8, 4) is 0 Å². The topological polar surface area (TPSA) is 67.8 Å². The fourth-order valence-electron chi connectivity index (χ4n) is 1.61. The van der Waals surface area contributed by atoms with Crippen LogP contribution in [-0.2, 0) is 0 Å². The van der Waals surface area contributed by atoms with Crippen LogP contribution in [0.2, 0.25) is 5.02 Å². The van der Waals surface area contributed by atoms with Gasteiger partial charge in [0, 0.05) is 11.6 Å². The summed E-state index contributed by atoms with van der Waals surface area (Å²) in [5.74, 6) is 0.779. The number of hydrogen-bond acceptors (Lipinski definition) is 4. The Morgan fingerprint density at radius 3 is 2.70 bits per heavy atom. The van der Waals surface area contributed by atoms with Crippen LogP contribution >= 0.6 is 11.6 Å². The molecule has 2 rings (SSSR count). The summed E-state index contributed by atoms with van der Waals surface area (Å²) >= 11 is 5.99. The standard InChI is InChI=1S/C14H15ClN4O/c1-8(2)13-16-7-10(15)12(19-13)14(20)18-11-6-4-5-9(3)17-11/h4-8H,1-3H3,(H,17,18,20). The van der Waals surface area contributed by atoms with E-state index < -0.39 is 5.91 Å². The molecule has 6 heteroatoms. The molecular weight excluding hydrogens is 276 g/mol. The van der Waals surface area contributed by atoms with E-state index in [0.29, 0.717) is 11.6 Å². The summed E-state index contributed by atoms with van der Waals surface area (Å²) in [4.78, 5) is 24.7. The monoisotopic (exact) mass is 290 g/mol. The van der Waals surface area contributed by atoms with Crippen molar-refractivity contribution in [3.05, 3.63) is 46.6 Å². The third-order valence-electron chi connectivity index (χ3n) is 2.62. The Hall–Kier alpha value is -2.01. The lowest BCUT2D eigenvalue weighted by atomic mass is 10.2. The number of pyridine rings is 1. The van der Waals surface area contributed by atoms with E-state index >= 15 is 0 Å². The summed E-state index contributed by atoms with van der Waals surface area (Å²) in [5, 5.41) is 2.90. The molecule has 0 saturated heterocycles. The number of anilines is 1. The van der Waals surface area contributed by atoms with Gasteiger partial charge in [0.1, 0.15) is 11.6 Å². The van der Waals surface area contributed by atoms with Crippen LogP contribution in [0.5, 0.6) is 0 Å². The van der Waals surface area contributed by atoms with Gasteiger partial charge in [-0.15, -0.1) is 0 Å². The molecule has 1 amide bonds. The Bertz CT molecular complexity index is 643. The Labute approximate surface area is 122 Å². The zero-order valence-electron chi connectivity index (χ0n) is 11.5. The maximum absolute atomic E-state index is 12.2. The molecule has 0 unspecified atom stereocenters. The molecule has 104 valence electrons. The summed E-state index contributed by atoms with van der Waals surface area (Å²) in [6, 6.07) is 5.38. The number of rotatable bonds is 3. The van der Waals surface area contributed by atoms with E-state index in [1.165, 1.54) is 6.20 Å². The van der Waals surface area contributed by atoms with E-state index in [1.54, 1.807) is 6.07 Å². The van der Waals surface area contributed by atoms with Crippen LogP contribution in [0.25, 0.3) is 0 Å². The highest BCUT2D eigenvalue weighted by molar-refractivity contribution is 6.33. The van der Waals surface area contributed by atoms with Crippen molar-refractivity contribution in [2.75, 3.05) is 5.32 Å². The zero-order valence-corrected chi connectivity index (χ0v) is 12.3. The Balaban J connectivity index is 2.27. The zero-order chi connectivity index (χ0) is 14.7. The first-order valence-corrected chi connectivity index (χ1v) is 6.62. The molecule has 20 heavy (non-hydrogen) atoms. The number of hydrogen-bond donors (Lipinski definition) is 1. The fourth-order valence-corrected chi connectivity index (χ4v) is 1.78.